The molecule has 2 rings (SSSR count). The number of carbonyl (C=O) groups is 1. The zero-order chi connectivity index (χ0) is 13.0. The van der Waals surface area contributed by atoms with Gasteiger partial charge in [0, 0.05) is 13.1 Å². The Kier molecular flexibility index (Phi) is 4.33. The van der Waals surface area contributed by atoms with Crippen molar-refractivity contribution in [1.82, 2.24) is 4.90 Å². The summed E-state index contributed by atoms with van der Waals surface area (Å²) in [5.41, 5.74) is 2.20. The van der Waals surface area contributed by atoms with Crippen molar-refractivity contribution in [2.75, 3.05) is 26.3 Å². The first-order chi connectivity index (χ1) is 8.69. The number of carbonyl (C=O) groups excluding carboxylic acids is 1. The highest BCUT2D eigenvalue weighted by Gasteiger charge is 2.23. The number of ether oxygens (including phenoxy) is 1. The quantitative estimate of drug-likeness (QED) is 0.860. The number of amides is 1. The van der Waals surface area contributed by atoms with E-state index in [-0.39, 0.29) is 18.6 Å². The Labute approximate surface area is 107 Å². The second-order valence-corrected chi connectivity index (χ2v) is 4.68. The number of hydrogen-bond acceptors (Lipinski definition) is 3. The lowest BCUT2D eigenvalue weighted by molar-refractivity contribution is -0.139. The molecular formula is C14H19NO3. The first-order valence-electron chi connectivity index (χ1n) is 6.25. The average molecular weight is 249 g/mol. The van der Waals surface area contributed by atoms with Crippen LogP contribution in [0.25, 0.3) is 0 Å². The average Bonchev–Trinajstić information content (AvgIpc) is 2.39. The SMILES string of the molecule is Cc1cccc(CC(=O)N2CCOC(CO)C2)c1. The summed E-state index contributed by atoms with van der Waals surface area (Å²) < 4.78 is 5.33. The zero-order valence-electron chi connectivity index (χ0n) is 10.6. The Hall–Kier alpha value is -1.39. The van der Waals surface area contributed by atoms with Gasteiger partial charge in [-0.05, 0) is 12.5 Å². The maximum absolute atomic E-state index is 12.1. The number of aryl methyl sites for hydroxylation is 1. The van der Waals surface area contributed by atoms with Gasteiger partial charge < -0.3 is 14.7 Å². The standard InChI is InChI=1S/C14H19NO3/c1-11-3-2-4-12(7-11)8-14(17)15-5-6-18-13(9-15)10-16/h2-4,7,13,16H,5-6,8-10H2,1H3. The van der Waals surface area contributed by atoms with Crippen molar-refractivity contribution < 1.29 is 14.6 Å². The lowest BCUT2D eigenvalue weighted by atomic mass is 10.1. The molecule has 1 aliphatic heterocycles. The Morgan fingerprint density at radius 3 is 3.11 bits per heavy atom. The Morgan fingerprint density at radius 1 is 1.56 bits per heavy atom. The lowest BCUT2D eigenvalue weighted by Crippen LogP contribution is -2.47. The molecule has 1 amide bonds. The van der Waals surface area contributed by atoms with Gasteiger partial charge in [0.15, 0.2) is 0 Å². The van der Waals surface area contributed by atoms with E-state index in [9.17, 15) is 4.79 Å². The summed E-state index contributed by atoms with van der Waals surface area (Å²) >= 11 is 0. The first kappa shape index (κ1) is 13.1. The summed E-state index contributed by atoms with van der Waals surface area (Å²) in [6.45, 7) is 3.59. The molecule has 4 nitrogen and oxygen atoms in total. The van der Waals surface area contributed by atoms with Crippen molar-refractivity contribution in [3.8, 4) is 0 Å². The van der Waals surface area contributed by atoms with Crippen LogP contribution in [0, 0.1) is 6.92 Å². The van der Waals surface area contributed by atoms with Gasteiger partial charge in [0.05, 0.1) is 25.7 Å². The molecule has 0 bridgehead atoms. The van der Waals surface area contributed by atoms with E-state index in [2.05, 4.69) is 0 Å². The molecular weight excluding hydrogens is 230 g/mol. The fourth-order valence-electron chi connectivity index (χ4n) is 2.16. The predicted octanol–water partition coefficient (Wildman–Crippen LogP) is 0.757. The third-order valence-corrected chi connectivity index (χ3v) is 3.13. The van der Waals surface area contributed by atoms with Gasteiger partial charge in [0.25, 0.3) is 0 Å². The highest BCUT2D eigenvalue weighted by molar-refractivity contribution is 5.79. The summed E-state index contributed by atoms with van der Waals surface area (Å²) in [4.78, 5) is 13.9. The molecule has 1 unspecified atom stereocenters. The molecule has 18 heavy (non-hydrogen) atoms. The number of aliphatic hydroxyl groups excluding tert-OH is 1. The summed E-state index contributed by atoms with van der Waals surface area (Å²) in [6.07, 6.45) is 0.181. The van der Waals surface area contributed by atoms with Crippen LogP contribution < -0.4 is 0 Å². The van der Waals surface area contributed by atoms with Crippen LogP contribution in [0.5, 0.6) is 0 Å². The largest absolute Gasteiger partial charge is 0.394 e. The number of aliphatic hydroxyl groups is 1. The van der Waals surface area contributed by atoms with Crippen molar-refractivity contribution in [2.45, 2.75) is 19.4 Å². The van der Waals surface area contributed by atoms with Gasteiger partial charge in [0.1, 0.15) is 0 Å². The summed E-state index contributed by atoms with van der Waals surface area (Å²) in [6, 6.07) is 7.98. The van der Waals surface area contributed by atoms with Crippen molar-refractivity contribution in [1.29, 1.82) is 0 Å². The van der Waals surface area contributed by atoms with Crippen LogP contribution >= 0.6 is 0 Å². The van der Waals surface area contributed by atoms with Crippen LogP contribution in [0.1, 0.15) is 11.1 Å². The maximum atomic E-state index is 12.1. The summed E-state index contributed by atoms with van der Waals surface area (Å²) in [5.74, 6) is 0.0994. The van der Waals surface area contributed by atoms with Crippen molar-refractivity contribution >= 4 is 5.91 Å². The molecule has 4 heteroatoms. The minimum atomic E-state index is -0.236. The molecule has 0 spiro atoms. The normalized spacial score (nSPS) is 19.9. The molecule has 1 N–H and O–H groups in total. The number of rotatable bonds is 3. The van der Waals surface area contributed by atoms with E-state index in [0.717, 1.165) is 11.1 Å². The molecule has 0 aliphatic carbocycles. The van der Waals surface area contributed by atoms with E-state index < -0.39 is 0 Å². The highest BCUT2D eigenvalue weighted by atomic mass is 16.5. The molecule has 0 aromatic heterocycles. The third kappa shape index (κ3) is 3.31. The molecule has 1 aliphatic rings. The lowest BCUT2D eigenvalue weighted by Gasteiger charge is -2.32. The van der Waals surface area contributed by atoms with Gasteiger partial charge in [-0.2, -0.15) is 0 Å². The monoisotopic (exact) mass is 249 g/mol. The molecule has 1 heterocycles. The second-order valence-electron chi connectivity index (χ2n) is 4.68. The Morgan fingerprint density at radius 2 is 2.39 bits per heavy atom. The van der Waals surface area contributed by atoms with Crippen LogP contribution in [-0.2, 0) is 16.0 Å². The molecule has 1 atom stereocenters. The molecule has 0 radical (unpaired) electrons. The number of benzene rings is 1. The fourth-order valence-corrected chi connectivity index (χ4v) is 2.16. The topological polar surface area (TPSA) is 49.8 Å². The van der Waals surface area contributed by atoms with Gasteiger partial charge in [-0.15, -0.1) is 0 Å². The van der Waals surface area contributed by atoms with Crippen LogP contribution in [0.15, 0.2) is 24.3 Å². The molecule has 1 saturated heterocycles. The van der Waals surface area contributed by atoms with Crippen LogP contribution in [0.4, 0.5) is 0 Å². The number of hydrogen-bond donors (Lipinski definition) is 1. The van der Waals surface area contributed by atoms with Crippen molar-refractivity contribution in [2.24, 2.45) is 0 Å². The van der Waals surface area contributed by atoms with E-state index in [1.807, 2.05) is 31.2 Å². The van der Waals surface area contributed by atoms with E-state index in [0.29, 0.717) is 26.1 Å². The summed E-state index contributed by atoms with van der Waals surface area (Å²) in [7, 11) is 0. The third-order valence-electron chi connectivity index (χ3n) is 3.13. The minimum Gasteiger partial charge on any atom is -0.394 e. The van der Waals surface area contributed by atoms with E-state index in [1.165, 1.54) is 0 Å². The van der Waals surface area contributed by atoms with Crippen molar-refractivity contribution in [3.05, 3.63) is 35.4 Å². The van der Waals surface area contributed by atoms with Gasteiger partial charge in [0.2, 0.25) is 5.91 Å². The van der Waals surface area contributed by atoms with Gasteiger partial charge in [-0.3, -0.25) is 4.79 Å². The fraction of sp³-hybridized carbons (Fsp3) is 0.500. The number of morpholine rings is 1. The van der Waals surface area contributed by atoms with Gasteiger partial charge >= 0.3 is 0 Å². The molecule has 1 aromatic rings. The maximum Gasteiger partial charge on any atom is 0.227 e. The Balaban J connectivity index is 1.95. The summed E-state index contributed by atoms with van der Waals surface area (Å²) in [5, 5.41) is 9.05. The van der Waals surface area contributed by atoms with Gasteiger partial charge in [-0.1, -0.05) is 29.8 Å². The molecule has 1 fully saturated rings. The molecule has 1 aromatic carbocycles. The minimum absolute atomic E-state index is 0.0335. The van der Waals surface area contributed by atoms with E-state index in [4.69, 9.17) is 9.84 Å². The molecule has 98 valence electrons. The van der Waals surface area contributed by atoms with Crippen molar-refractivity contribution in [3.63, 3.8) is 0 Å². The van der Waals surface area contributed by atoms with Crippen LogP contribution in [-0.4, -0.2) is 48.3 Å². The number of nitrogens with zero attached hydrogens (tertiary/aromatic N) is 1. The van der Waals surface area contributed by atoms with Crippen LogP contribution in [0.3, 0.4) is 0 Å². The predicted molar refractivity (Wildman–Crippen MR) is 68.3 cm³/mol. The first-order valence-corrected chi connectivity index (χ1v) is 6.25. The molecule has 0 saturated carbocycles. The second kappa shape index (κ2) is 5.98. The van der Waals surface area contributed by atoms with Crippen LogP contribution in [0.2, 0.25) is 0 Å². The van der Waals surface area contributed by atoms with E-state index >= 15 is 0 Å². The Bertz CT molecular complexity index is 419. The zero-order valence-corrected chi connectivity index (χ0v) is 10.6. The van der Waals surface area contributed by atoms with E-state index in [1.54, 1.807) is 4.90 Å². The van der Waals surface area contributed by atoms with Gasteiger partial charge in [-0.25, -0.2) is 0 Å². The smallest absolute Gasteiger partial charge is 0.227 e. The highest BCUT2D eigenvalue weighted by Crippen LogP contribution is 2.10.